The van der Waals surface area contributed by atoms with Gasteiger partial charge in [0.15, 0.2) is 0 Å². The van der Waals surface area contributed by atoms with Gasteiger partial charge in [0.1, 0.15) is 0 Å². The molecule has 0 unspecified atom stereocenters. The maximum Gasteiger partial charge on any atom is 0.255 e. The minimum absolute atomic E-state index is 0.0389. The number of hydrogen-bond acceptors (Lipinski definition) is 3. The molecule has 0 aromatic heterocycles. The van der Waals surface area contributed by atoms with E-state index in [1.807, 2.05) is 67.6 Å². The molecule has 28 heavy (non-hydrogen) atoms. The topological polar surface area (TPSA) is 61.4 Å². The van der Waals surface area contributed by atoms with Gasteiger partial charge in [-0.3, -0.25) is 9.59 Å². The van der Waals surface area contributed by atoms with Crippen molar-refractivity contribution in [3.63, 3.8) is 0 Å². The molecule has 0 aliphatic carbocycles. The minimum Gasteiger partial charge on any atom is -0.376 e. The Morgan fingerprint density at radius 3 is 2.21 bits per heavy atom. The standard InChI is InChI=1S/C23H23N3O2/c1-17-7-6-8-18(15-17)23(28)25-20-13-11-19(12-14-20)24-16-22(27)26(2)21-9-4-3-5-10-21/h3-15,24H,16H2,1-2H3,(H,25,28). The van der Waals surface area contributed by atoms with Crippen molar-refractivity contribution in [2.45, 2.75) is 6.92 Å². The van der Waals surface area contributed by atoms with Crippen molar-refractivity contribution in [2.75, 3.05) is 29.1 Å². The first-order valence-corrected chi connectivity index (χ1v) is 9.06. The van der Waals surface area contributed by atoms with E-state index in [-0.39, 0.29) is 18.4 Å². The van der Waals surface area contributed by atoms with Gasteiger partial charge in [0.25, 0.3) is 5.91 Å². The Morgan fingerprint density at radius 2 is 1.54 bits per heavy atom. The van der Waals surface area contributed by atoms with Crippen LogP contribution in [-0.4, -0.2) is 25.4 Å². The molecule has 3 rings (SSSR count). The molecular weight excluding hydrogens is 350 g/mol. The Morgan fingerprint density at radius 1 is 0.857 bits per heavy atom. The summed E-state index contributed by atoms with van der Waals surface area (Å²) in [6.07, 6.45) is 0. The zero-order valence-corrected chi connectivity index (χ0v) is 16.0. The molecule has 0 saturated heterocycles. The molecule has 0 atom stereocenters. The van der Waals surface area contributed by atoms with Gasteiger partial charge in [-0.15, -0.1) is 0 Å². The summed E-state index contributed by atoms with van der Waals surface area (Å²) in [5.74, 6) is -0.188. The second-order valence-corrected chi connectivity index (χ2v) is 6.54. The number of aryl methyl sites for hydroxylation is 1. The number of nitrogens with one attached hydrogen (secondary N) is 2. The molecule has 0 saturated carbocycles. The molecule has 5 nitrogen and oxygen atoms in total. The molecule has 3 aromatic rings. The van der Waals surface area contributed by atoms with Crippen molar-refractivity contribution in [1.29, 1.82) is 0 Å². The number of anilines is 3. The quantitative estimate of drug-likeness (QED) is 0.676. The van der Waals surface area contributed by atoms with Gasteiger partial charge in [-0.1, -0.05) is 35.9 Å². The smallest absolute Gasteiger partial charge is 0.255 e. The number of benzene rings is 3. The lowest BCUT2D eigenvalue weighted by Crippen LogP contribution is -2.32. The molecule has 3 aromatic carbocycles. The van der Waals surface area contributed by atoms with Crippen LogP contribution in [0.4, 0.5) is 17.1 Å². The summed E-state index contributed by atoms with van der Waals surface area (Å²) < 4.78 is 0. The van der Waals surface area contributed by atoms with Crippen LogP contribution in [0.1, 0.15) is 15.9 Å². The van der Waals surface area contributed by atoms with Crippen LogP contribution in [0.5, 0.6) is 0 Å². The molecule has 2 N–H and O–H groups in total. The predicted molar refractivity (Wildman–Crippen MR) is 114 cm³/mol. The molecule has 5 heteroatoms. The van der Waals surface area contributed by atoms with Crippen molar-refractivity contribution in [2.24, 2.45) is 0 Å². The summed E-state index contributed by atoms with van der Waals surface area (Å²) in [6.45, 7) is 2.13. The average Bonchev–Trinajstić information content (AvgIpc) is 2.73. The van der Waals surface area contributed by atoms with Gasteiger partial charge in [0.2, 0.25) is 5.91 Å². The van der Waals surface area contributed by atoms with Crippen LogP contribution in [0.3, 0.4) is 0 Å². The molecule has 142 valence electrons. The summed E-state index contributed by atoms with van der Waals surface area (Å²) >= 11 is 0. The average molecular weight is 373 g/mol. The third-order valence-electron chi connectivity index (χ3n) is 4.38. The summed E-state index contributed by atoms with van der Waals surface area (Å²) in [5.41, 5.74) is 4.02. The Hall–Kier alpha value is -3.60. The van der Waals surface area contributed by atoms with E-state index in [1.165, 1.54) is 0 Å². The van der Waals surface area contributed by atoms with Gasteiger partial charge in [-0.2, -0.15) is 0 Å². The fourth-order valence-corrected chi connectivity index (χ4v) is 2.75. The molecule has 0 radical (unpaired) electrons. The van der Waals surface area contributed by atoms with E-state index in [1.54, 1.807) is 30.1 Å². The molecule has 0 heterocycles. The Balaban J connectivity index is 1.54. The van der Waals surface area contributed by atoms with Gasteiger partial charge in [-0.05, 0) is 55.5 Å². The number of likely N-dealkylation sites (N-methyl/N-ethyl adjacent to an activating group) is 1. The highest BCUT2D eigenvalue weighted by Gasteiger charge is 2.10. The zero-order chi connectivity index (χ0) is 19.9. The zero-order valence-electron chi connectivity index (χ0n) is 16.0. The van der Waals surface area contributed by atoms with Crippen LogP contribution in [-0.2, 0) is 4.79 Å². The molecule has 0 fully saturated rings. The maximum atomic E-state index is 12.3. The van der Waals surface area contributed by atoms with E-state index in [4.69, 9.17) is 0 Å². The number of carbonyl (C=O) groups excluding carboxylic acids is 2. The van der Waals surface area contributed by atoms with Crippen LogP contribution in [0.15, 0.2) is 78.9 Å². The molecule has 0 bridgehead atoms. The van der Waals surface area contributed by atoms with E-state index in [0.717, 1.165) is 16.9 Å². The van der Waals surface area contributed by atoms with Gasteiger partial charge < -0.3 is 15.5 Å². The molecule has 0 aliphatic heterocycles. The number of amides is 2. The highest BCUT2D eigenvalue weighted by molar-refractivity contribution is 6.04. The van der Waals surface area contributed by atoms with E-state index >= 15 is 0 Å². The van der Waals surface area contributed by atoms with Crippen molar-refractivity contribution >= 4 is 28.9 Å². The number of nitrogens with zero attached hydrogens (tertiary/aromatic N) is 1. The van der Waals surface area contributed by atoms with E-state index in [2.05, 4.69) is 10.6 Å². The normalized spacial score (nSPS) is 10.2. The van der Waals surface area contributed by atoms with Crippen LogP contribution in [0.2, 0.25) is 0 Å². The highest BCUT2D eigenvalue weighted by Crippen LogP contribution is 2.16. The molecular formula is C23H23N3O2. The van der Waals surface area contributed by atoms with Crippen LogP contribution in [0, 0.1) is 6.92 Å². The highest BCUT2D eigenvalue weighted by atomic mass is 16.2. The van der Waals surface area contributed by atoms with E-state index < -0.39 is 0 Å². The molecule has 2 amide bonds. The van der Waals surface area contributed by atoms with Crippen molar-refractivity contribution in [3.05, 3.63) is 90.0 Å². The summed E-state index contributed by atoms with van der Waals surface area (Å²) in [5, 5.41) is 5.99. The SMILES string of the molecule is Cc1cccc(C(=O)Nc2ccc(NCC(=O)N(C)c3ccccc3)cc2)c1. The van der Waals surface area contributed by atoms with E-state index in [0.29, 0.717) is 11.3 Å². The Kier molecular flexibility index (Phi) is 6.07. The lowest BCUT2D eigenvalue weighted by atomic mass is 10.1. The number of carbonyl (C=O) groups is 2. The Labute approximate surface area is 165 Å². The lowest BCUT2D eigenvalue weighted by Gasteiger charge is -2.18. The van der Waals surface area contributed by atoms with Gasteiger partial charge in [0, 0.05) is 29.7 Å². The molecule has 0 spiro atoms. The monoisotopic (exact) mass is 373 g/mol. The minimum atomic E-state index is -0.149. The van der Waals surface area contributed by atoms with E-state index in [9.17, 15) is 9.59 Å². The largest absolute Gasteiger partial charge is 0.376 e. The maximum absolute atomic E-state index is 12.3. The number of rotatable bonds is 6. The predicted octanol–water partition coefficient (Wildman–Crippen LogP) is 4.32. The summed E-state index contributed by atoms with van der Waals surface area (Å²) in [7, 11) is 1.75. The third-order valence-corrected chi connectivity index (χ3v) is 4.38. The number of hydrogen-bond donors (Lipinski definition) is 2. The summed E-state index contributed by atoms with van der Waals surface area (Å²) in [6, 6.07) is 24.2. The van der Waals surface area contributed by atoms with Crippen LogP contribution in [0.25, 0.3) is 0 Å². The van der Waals surface area contributed by atoms with Gasteiger partial charge in [-0.25, -0.2) is 0 Å². The van der Waals surface area contributed by atoms with Gasteiger partial charge >= 0.3 is 0 Å². The fraction of sp³-hybridized carbons (Fsp3) is 0.130. The lowest BCUT2D eigenvalue weighted by molar-refractivity contribution is -0.116. The molecule has 0 aliphatic rings. The Bertz CT molecular complexity index is 953. The second-order valence-electron chi connectivity index (χ2n) is 6.54. The van der Waals surface area contributed by atoms with Crippen molar-refractivity contribution in [3.8, 4) is 0 Å². The second kappa shape index (κ2) is 8.86. The van der Waals surface area contributed by atoms with Crippen LogP contribution < -0.4 is 15.5 Å². The first-order valence-electron chi connectivity index (χ1n) is 9.06. The van der Waals surface area contributed by atoms with Crippen LogP contribution >= 0.6 is 0 Å². The fourth-order valence-electron chi connectivity index (χ4n) is 2.75. The first kappa shape index (κ1) is 19.2. The number of para-hydroxylation sites is 1. The van der Waals surface area contributed by atoms with Gasteiger partial charge in [0.05, 0.1) is 6.54 Å². The van der Waals surface area contributed by atoms with Crippen molar-refractivity contribution < 1.29 is 9.59 Å². The first-order chi connectivity index (χ1) is 13.5. The third kappa shape index (κ3) is 4.98. The van der Waals surface area contributed by atoms with Crippen molar-refractivity contribution in [1.82, 2.24) is 0 Å². The summed E-state index contributed by atoms with van der Waals surface area (Å²) in [4.78, 5) is 26.2.